The Morgan fingerprint density at radius 2 is 2.15 bits per heavy atom. The standard InChI is InChI=1S/C18H16N4O2S2/c1-10-7-11(2)15-13(8-10)26-18(21-15)20-14(23)3-5-22-9-19-16-12(17(22)24)4-6-25-16/h4,6-9H,3,5H2,1-2H3,(H,20,21,23). The van der Waals surface area contributed by atoms with E-state index in [0.29, 0.717) is 10.5 Å². The monoisotopic (exact) mass is 384 g/mol. The van der Waals surface area contributed by atoms with Gasteiger partial charge in [0, 0.05) is 13.0 Å². The highest BCUT2D eigenvalue weighted by molar-refractivity contribution is 7.22. The minimum atomic E-state index is -0.171. The van der Waals surface area contributed by atoms with Crippen LogP contribution < -0.4 is 10.9 Å². The number of nitrogens with one attached hydrogen (secondary N) is 1. The molecule has 1 amide bonds. The summed E-state index contributed by atoms with van der Waals surface area (Å²) in [6, 6.07) is 5.90. The number of carbonyl (C=O) groups excluding carboxylic acids is 1. The third kappa shape index (κ3) is 3.13. The molecule has 1 N–H and O–H groups in total. The molecular weight excluding hydrogens is 368 g/mol. The van der Waals surface area contributed by atoms with Gasteiger partial charge in [0.05, 0.1) is 21.9 Å². The lowest BCUT2D eigenvalue weighted by atomic mass is 10.1. The molecule has 8 heteroatoms. The molecule has 4 aromatic rings. The Labute approximate surface area is 157 Å². The van der Waals surface area contributed by atoms with Gasteiger partial charge in [-0.1, -0.05) is 17.4 Å². The molecule has 1 aromatic carbocycles. The Hall–Kier alpha value is -2.58. The summed E-state index contributed by atoms with van der Waals surface area (Å²) in [6.07, 6.45) is 1.68. The number of thiophene rings is 1. The normalized spacial score (nSPS) is 11.3. The molecule has 0 saturated heterocycles. The van der Waals surface area contributed by atoms with Gasteiger partial charge in [0.25, 0.3) is 5.56 Å². The van der Waals surface area contributed by atoms with Crippen molar-refractivity contribution in [3.63, 3.8) is 0 Å². The average Bonchev–Trinajstić information content (AvgIpc) is 3.21. The van der Waals surface area contributed by atoms with Crippen LogP contribution in [0.4, 0.5) is 5.13 Å². The van der Waals surface area contributed by atoms with Crippen LogP contribution in [0.3, 0.4) is 0 Å². The number of hydrogen-bond donors (Lipinski definition) is 1. The second-order valence-electron chi connectivity index (χ2n) is 6.13. The maximum absolute atomic E-state index is 12.3. The first-order chi connectivity index (χ1) is 12.5. The molecule has 0 saturated carbocycles. The number of nitrogens with zero attached hydrogens (tertiary/aromatic N) is 3. The highest BCUT2D eigenvalue weighted by Gasteiger charge is 2.11. The zero-order valence-electron chi connectivity index (χ0n) is 14.3. The first-order valence-corrected chi connectivity index (χ1v) is 9.81. The lowest BCUT2D eigenvalue weighted by Crippen LogP contribution is -2.23. The van der Waals surface area contributed by atoms with E-state index in [-0.39, 0.29) is 24.4 Å². The molecule has 0 atom stereocenters. The third-order valence-corrected chi connectivity index (χ3v) is 5.84. The molecule has 0 aliphatic rings. The molecule has 3 aromatic heterocycles. The van der Waals surface area contributed by atoms with Crippen LogP contribution in [-0.4, -0.2) is 20.4 Å². The second-order valence-corrected chi connectivity index (χ2v) is 8.05. The smallest absolute Gasteiger partial charge is 0.262 e. The Kier molecular flexibility index (Phi) is 4.29. The first kappa shape index (κ1) is 16.9. The molecule has 0 spiro atoms. The average molecular weight is 384 g/mol. The predicted molar refractivity (Wildman–Crippen MR) is 106 cm³/mol. The quantitative estimate of drug-likeness (QED) is 0.582. The fourth-order valence-corrected chi connectivity index (χ4v) is 4.66. The molecule has 0 aliphatic carbocycles. The summed E-state index contributed by atoms with van der Waals surface area (Å²) in [5.74, 6) is -0.171. The molecule has 132 valence electrons. The number of aromatic nitrogens is 3. The number of aryl methyl sites for hydroxylation is 3. The van der Waals surface area contributed by atoms with E-state index in [9.17, 15) is 9.59 Å². The number of rotatable bonds is 4. The first-order valence-electron chi connectivity index (χ1n) is 8.11. The highest BCUT2D eigenvalue weighted by Crippen LogP contribution is 2.29. The van der Waals surface area contributed by atoms with Crippen molar-refractivity contribution in [2.45, 2.75) is 26.8 Å². The molecule has 0 radical (unpaired) electrons. The summed E-state index contributed by atoms with van der Waals surface area (Å²) < 4.78 is 2.53. The minimum Gasteiger partial charge on any atom is -0.302 e. The van der Waals surface area contributed by atoms with Crippen molar-refractivity contribution < 1.29 is 4.79 Å². The molecule has 0 unspecified atom stereocenters. The SMILES string of the molecule is Cc1cc(C)c2nc(NC(=O)CCn3cnc4sccc4c3=O)sc2c1. The van der Waals surface area contributed by atoms with Crippen molar-refractivity contribution in [3.8, 4) is 0 Å². The predicted octanol–water partition coefficient (Wildman–Crippen LogP) is 3.71. The number of fused-ring (bicyclic) bond motifs is 2. The van der Waals surface area contributed by atoms with E-state index in [1.54, 1.807) is 6.07 Å². The van der Waals surface area contributed by atoms with Gasteiger partial charge in [0.2, 0.25) is 5.91 Å². The number of amides is 1. The minimum absolute atomic E-state index is 0.116. The zero-order chi connectivity index (χ0) is 18.3. The molecular formula is C18H16N4O2S2. The summed E-state index contributed by atoms with van der Waals surface area (Å²) in [5, 5.41) is 5.85. The van der Waals surface area contributed by atoms with E-state index in [1.165, 1.54) is 39.1 Å². The molecule has 0 aliphatic heterocycles. The van der Waals surface area contributed by atoms with Gasteiger partial charge in [-0.05, 0) is 42.5 Å². The number of carbonyl (C=O) groups is 1. The van der Waals surface area contributed by atoms with Crippen LogP contribution in [0.1, 0.15) is 17.5 Å². The van der Waals surface area contributed by atoms with E-state index in [2.05, 4.69) is 27.4 Å². The molecule has 0 fully saturated rings. The second kappa shape index (κ2) is 6.62. The van der Waals surface area contributed by atoms with E-state index in [1.807, 2.05) is 19.2 Å². The molecule has 0 bridgehead atoms. The number of anilines is 1. The summed E-state index contributed by atoms with van der Waals surface area (Å²) in [7, 11) is 0. The largest absolute Gasteiger partial charge is 0.302 e. The summed E-state index contributed by atoms with van der Waals surface area (Å²) in [6.45, 7) is 4.34. The van der Waals surface area contributed by atoms with Crippen molar-refractivity contribution in [2.24, 2.45) is 0 Å². The topological polar surface area (TPSA) is 76.9 Å². The van der Waals surface area contributed by atoms with Crippen molar-refractivity contribution in [1.29, 1.82) is 0 Å². The molecule has 6 nitrogen and oxygen atoms in total. The summed E-state index contributed by atoms with van der Waals surface area (Å²) in [4.78, 5) is 34.1. The van der Waals surface area contributed by atoms with E-state index in [4.69, 9.17) is 0 Å². The van der Waals surface area contributed by atoms with Gasteiger partial charge >= 0.3 is 0 Å². The van der Waals surface area contributed by atoms with Crippen LogP contribution in [0.25, 0.3) is 20.4 Å². The molecule has 4 rings (SSSR count). The van der Waals surface area contributed by atoms with Crippen molar-refractivity contribution in [3.05, 3.63) is 51.4 Å². The van der Waals surface area contributed by atoms with Crippen LogP contribution in [0.2, 0.25) is 0 Å². The van der Waals surface area contributed by atoms with Crippen LogP contribution in [-0.2, 0) is 11.3 Å². The fraction of sp³-hybridized carbons (Fsp3) is 0.222. The fourth-order valence-electron chi connectivity index (χ4n) is 2.88. The third-order valence-electron chi connectivity index (χ3n) is 4.11. The number of hydrogen-bond acceptors (Lipinski definition) is 6. The van der Waals surface area contributed by atoms with Crippen molar-refractivity contribution in [1.82, 2.24) is 14.5 Å². The van der Waals surface area contributed by atoms with Crippen LogP contribution in [0.5, 0.6) is 0 Å². The van der Waals surface area contributed by atoms with Crippen LogP contribution in [0, 0.1) is 13.8 Å². The molecule has 3 heterocycles. The van der Waals surface area contributed by atoms with Crippen LogP contribution >= 0.6 is 22.7 Å². The lowest BCUT2D eigenvalue weighted by Gasteiger charge is -2.05. The van der Waals surface area contributed by atoms with Crippen LogP contribution in [0.15, 0.2) is 34.7 Å². The Balaban J connectivity index is 1.47. The Morgan fingerprint density at radius 1 is 1.31 bits per heavy atom. The summed E-state index contributed by atoms with van der Waals surface area (Å²) >= 11 is 2.89. The van der Waals surface area contributed by atoms with Gasteiger partial charge in [-0.3, -0.25) is 14.2 Å². The zero-order valence-corrected chi connectivity index (χ0v) is 15.9. The van der Waals surface area contributed by atoms with E-state index >= 15 is 0 Å². The van der Waals surface area contributed by atoms with Gasteiger partial charge in [0.15, 0.2) is 5.13 Å². The van der Waals surface area contributed by atoms with Gasteiger partial charge in [0.1, 0.15) is 4.83 Å². The van der Waals surface area contributed by atoms with Crippen molar-refractivity contribution >= 4 is 54.1 Å². The van der Waals surface area contributed by atoms with Crippen molar-refractivity contribution in [2.75, 3.05) is 5.32 Å². The van der Waals surface area contributed by atoms with Gasteiger partial charge in [-0.25, -0.2) is 9.97 Å². The maximum atomic E-state index is 12.3. The number of benzene rings is 1. The van der Waals surface area contributed by atoms with E-state index in [0.717, 1.165) is 20.6 Å². The highest BCUT2D eigenvalue weighted by atomic mass is 32.1. The molecule has 26 heavy (non-hydrogen) atoms. The Bertz CT molecular complexity index is 1190. The summed E-state index contributed by atoms with van der Waals surface area (Å²) in [5.41, 5.74) is 3.07. The maximum Gasteiger partial charge on any atom is 0.262 e. The Morgan fingerprint density at radius 3 is 3.00 bits per heavy atom. The van der Waals surface area contributed by atoms with Gasteiger partial charge in [-0.2, -0.15) is 0 Å². The van der Waals surface area contributed by atoms with E-state index < -0.39 is 0 Å². The number of thiazole rings is 1. The van der Waals surface area contributed by atoms with Gasteiger partial charge < -0.3 is 5.32 Å². The lowest BCUT2D eigenvalue weighted by molar-refractivity contribution is -0.116. The van der Waals surface area contributed by atoms with Gasteiger partial charge in [-0.15, -0.1) is 11.3 Å².